The molecule has 0 atom stereocenters. The lowest BCUT2D eigenvalue weighted by Gasteiger charge is -2.38. The number of aromatic nitrogens is 3. The van der Waals surface area contributed by atoms with Crippen LogP contribution < -0.4 is 0 Å². The second-order valence-corrected chi connectivity index (χ2v) is 6.70. The van der Waals surface area contributed by atoms with E-state index in [9.17, 15) is 4.79 Å². The Labute approximate surface area is 137 Å². The van der Waals surface area contributed by atoms with Crippen molar-refractivity contribution in [2.24, 2.45) is 0 Å². The van der Waals surface area contributed by atoms with Gasteiger partial charge in [-0.15, -0.1) is 5.10 Å². The molecule has 1 saturated carbocycles. The Morgan fingerprint density at radius 2 is 1.95 bits per heavy atom. The van der Waals surface area contributed by atoms with Gasteiger partial charge in [0.15, 0.2) is 0 Å². The van der Waals surface area contributed by atoms with Crippen LogP contribution in [-0.2, 0) is 0 Å². The number of halogens is 2. The summed E-state index contributed by atoms with van der Waals surface area (Å²) in [6.07, 6.45) is 4.44. The van der Waals surface area contributed by atoms with E-state index < -0.39 is 0 Å². The first-order valence-electron chi connectivity index (χ1n) is 7.28. The average Bonchev–Trinajstić information content (AvgIpc) is 3.20. The Bertz CT molecular complexity index is 735. The smallest absolute Gasteiger partial charge is 0.254 e. The van der Waals surface area contributed by atoms with Crippen molar-refractivity contribution in [1.29, 1.82) is 0 Å². The number of nitrogens with zero attached hydrogens (tertiary/aromatic N) is 4. The van der Waals surface area contributed by atoms with Gasteiger partial charge in [-0.25, -0.2) is 4.68 Å². The molecule has 0 unspecified atom stereocenters. The molecule has 2 heterocycles. The van der Waals surface area contributed by atoms with Gasteiger partial charge in [-0.05, 0) is 31.0 Å². The molecule has 0 radical (unpaired) electrons. The predicted octanol–water partition coefficient (Wildman–Crippen LogP) is 3.16. The minimum absolute atomic E-state index is 0.0302. The van der Waals surface area contributed by atoms with Gasteiger partial charge in [0.2, 0.25) is 0 Å². The molecule has 114 valence electrons. The van der Waals surface area contributed by atoms with Crippen LogP contribution in [0.2, 0.25) is 10.0 Å². The van der Waals surface area contributed by atoms with E-state index in [-0.39, 0.29) is 11.9 Å². The fourth-order valence-electron chi connectivity index (χ4n) is 2.64. The van der Waals surface area contributed by atoms with Gasteiger partial charge >= 0.3 is 0 Å². The Morgan fingerprint density at radius 1 is 1.18 bits per heavy atom. The van der Waals surface area contributed by atoms with Crippen molar-refractivity contribution < 1.29 is 4.79 Å². The van der Waals surface area contributed by atoms with Crippen molar-refractivity contribution in [3.8, 4) is 0 Å². The van der Waals surface area contributed by atoms with E-state index in [4.69, 9.17) is 23.2 Å². The van der Waals surface area contributed by atoms with E-state index in [1.165, 1.54) is 12.8 Å². The number of rotatable bonds is 3. The highest BCUT2D eigenvalue weighted by molar-refractivity contribution is 6.42. The van der Waals surface area contributed by atoms with Crippen LogP contribution in [0, 0.1) is 0 Å². The van der Waals surface area contributed by atoms with Crippen molar-refractivity contribution in [3.05, 3.63) is 45.7 Å². The molecule has 7 heteroatoms. The number of carbonyl (C=O) groups excluding carboxylic acids is 1. The van der Waals surface area contributed by atoms with E-state index in [1.807, 2.05) is 10.9 Å². The van der Waals surface area contributed by atoms with Gasteiger partial charge in [0.05, 0.1) is 21.8 Å². The topological polar surface area (TPSA) is 51.0 Å². The maximum Gasteiger partial charge on any atom is 0.254 e. The van der Waals surface area contributed by atoms with Gasteiger partial charge < -0.3 is 4.90 Å². The number of benzene rings is 1. The number of hydrogen-bond acceptors (Lipinski definition) is 3. The number of carbonyl (C=O) groups is 1. The summed E-state index contributed by atoms with van der Waals surface area (Å²) in [6.45, 7) is 1.29. The molecular weight excluding hydrogens is 323 g/mol. The molecule has 1 aliphatic heterocycles. The summed E-state index contributed by atoms with van der Waals surface area (Å²) in [7, 11) is 0. The lowest BCUT2D eigenvalue weighted by atomic mass is 10.1. The van der Waals surface area contributed by atoms with Crippen LogP contribution in [0.4, 0.5) is 0 Å². The van der Waals surface area contributed by atoms with Crippen molar-refractivity contribution in [1.82, 2.24) is 19.9 Å². The minimum atomic E-state index is -0.0302. The highest BCUT2D eigenvalue weighted by Crippen LogP contribution is 2.39. The van der Waals surface area contributed by atoms with Crippen molar-refractivity contribution in [2.75, 3.05) is 13.1 Å². The standard InChI is InChI=1S/C15H14Cl2N4O/c16-12-4-3-10(5-13(12)17)15(22)20-6-11(7-20)21-8-14(18-19-21)9-1-2-9/h3-5,8-9,11H,1-2,6-7H2. The zero-order valence-electron chi connectivity index (χ0n) is 11.7. The summed E-state index contributed by atoms with van der Waals surface area (Å²) in [5.41, 5.74) is 1.64. The molecule has 0 bridgehead atoms. The molecule has 0 spiro atoms. The van der Waals surface area contributed by atoms with E-state index in [0.717, 1.165) is 5.69 Å². The van der Waals surface area contributed by atoms with Crippen LogP contribution >= 0.6 is 23.2 Å². The molecule has 0 N–H and O–H groups in total. The summed E-state index contributed by atoms with van der Waals surface area (Å²) in [5, 5.41) is 9.24. The fraction of sp³-hybridized carbons (Fsp3) is 0.400. The number of likely N-dealkylation sites (tertiary alicyclic amines) is 1. The Balaban J connectivity index is 1.41. The van der Waals surface area contributed by atoms with Crippen LogP contribution in [0.15, 0.2) is 24.4 Å². The van der Waals surface area contributed by atoms with Crippen molar-refractivity contribution in [3.63, 3.8) is 0 Å². The third kappa shape index (κ3) is 2.48. The Hall–Kier alpha value is -1.59. The first-order chi connectivity index (χ1) is 10.6. The van der Waals surface area contributed by atoms with Crippen LogP contribution in [-0.4, -0.2) is 38.9 Å². The molecule has 2 aromatic rings. The first-order valence-corrected chi connectivity index (χ1v) is 8.03. The SMILES string of the molecule is O=C(c1ccc(Cl)c(Cl)c1)N1CC(n2cc(C3CC3)nn2)C1. The average molecular weight is 337 g/mol. The summed E-state index contributed by atoms with van der Waals surface area (Å²) in [5.74, 6) is 0.570. The molecule has 22 heavy (non-hydrogen) atoms. The number of amides is 1. The molecule has 1 amide bonds. The van der Waals surface area contributed by atoms with E-state index in [1.54, 1.807) is 23.1 Å². The summed E-state index contributed by atoms with van der Waals surface area (Å²) < 4.78 is 1.88. The largest absolute Gasteiger partial charge is 0.334 e. The molecule has 2 fully saturated rings. The molecule has 1 saturated heterocycles. The van der Waals surface area contributed by atoms with E-state index in [0.29, 0.717) is 34.6 Å². The van der Waals surface area contributed by atoms with Gasteiger partial charge in [0.1, 0.15) is 0 Å². The van der Waals surface area contributed by atoms with Crippen LogP contribution in [0.3, 0.4) is 0 Å². The lowest BCUT2D eigenvalue weighted by molar-refractivity contribution is 0.0498. The molecule has 1 aliphatic carbocycles. The molecule has 5 nitrogen and oxygen atoms in total. The van der Waals surface area contributed by atoms with Gasteiger partial charge in [-0.2, -0.15) is 0 Å². The zero-order chi connectivity index (χ0) is 15.3. The maximum atomic E-state index is 12.4. The van der Waals surface area contributed by atoms with Gasteiger partial charge in [0, 0.05) is 30.8 Å². The third-order valence-electron chi connectivity index (χ3n) is 4.21. The molecule has 1 aromatic carbocycles. The second kappa shape index (κ2) is 5.25. The van der Waals surface area contributed by atoms with Crippen LogP contribution in [0.1, 0.15) is 40.9 Å². The van der Waals surface area contributed by atoms with Gasteiger partial charge in [-0.1, -0.05) is 28.4 Å². The summed E-state index contributed by atoms with van der Waals surface area (Å²) >= 11 is 11.8. The lowest BCUT2D eigenvalue weighted by Crippen LogP contribution is -2.50. The van der Waals surface area contributed by atoms with Crippen molar-refractivity contribution in [2.45, 2.75) is 24.8 Å². The Kier molecular flexibility index (Phi) is 3.35. The van der Waals surface area contributed by atoms with Crippen molar-refractivity contribution >= 4 is 29.1 Å². The maximum absolute atomic E-state index is 12.4. The number of hydrogen-bond donors (Lipinski definition) is 0. The quantitative estimate of drug-likeness (QED) is 0.864. The summed E-state index contributed by atoms with van der Waals surface area (Å²) in [6, 6.07) is 5.17. The monoisotopic (exact) mass is 336 g/mol. The molecule has 1 aromatic heterocycles. The normalized spacial score (nSPS) is 18.4. The predicted molar refractivity (Wildman–Crippen MR) is 83.4 cm³/mol. The van der Waals surface area contributed by atoms with Crippen LogP contribution in [0.25, 0.3) is 0 Å². The highest BCUT2D eigenvalue weighted by atomic mass is 35.5. The summed E-state index contributed by atoms with van der Waals surface area (Å²) in [4.78, 5) is 14.2. The minimum Gasteiger partial charge on any atom is -0.334 e. The molecule has 2 aliphatic rings. The first kappa shape index (κ1) is 14.0. The third-order valence-corrected chi connectivity index (χ3v) is 4.95. The Morgan fingerprint density at radius 3 is 2.64 bits per heavy atom. The fourth-order valence-corrected chi connectivity index (χ4v) is 2.93. The van der Waals surface area contributed by atoms with Gasteiger partial charge in [-0.3, -0.25) is 4.79 Å². The second-order valence-electron chi connectivity index (χ2n) is 5.89. The zero-order valence-corrected chi connectivity index (χ0v) is 13.3. The van der Waals surface area contributed by atoms with Gasteiger partial charge in [0.25, 0.3) is 5.91 Å². The van der Waals surface area contributed by atoms with E-state index >= 15 is 0 Å². The van der Waals surface area contributed by atoms with E-state index in [2.05, 4.69) is 10.3 Å². The van der Waals surface area contributed by atoms with Crippen LogP contribution in [0.5, 0.6) is 0 Å². The molecule has 4 rings (SSSR count). The molecular formula is C15H14Cl2N4O. The highest BCUT2D eigenvalue weighted by Gasteiger charge is 2.34.